The van der Waals surface area contributed by atoms with Crippen LogP contribution in [-0.4, -0.2) is 49.9 Å². The third-order valence-electron chi connectivity index (χ3n) is 5.89. The van der Waals surface area contributed by atoms with E-state index >= 15 is 0 Å². The average Bonchev–Trinajstić information content (AvgIpc) is 2.86. The number of aromatic nitrogens is 2. The summed E-state index contributed by atoms with van der Waals surface area (Å²) in [6, 6.07) is 14.7. The maximum atomic E-state index is 13.5. The van der Waals surface area contributed by atoms with Gasteiger partial charge in [0.05, 0.1) is 11.6 Å². The van der Waals surface area contributed by atoms with Crippen LogP contribution in [0.15, 0.2) is 65.6 Å². The summed E-state index contributed by atoms with van der Waals surface area (Å²) in [7, 11) is 0. The van der Waals surface area contributed by atoms with Crippen LogP contribution in [0, 0.1) is 0 Å². The number of carboxylic acids is 1. The highest BCUT2D eigenvalue weighted by Crippen LogP contribution is 2.39. The Hall–Kier alpha value is -4.86. The molecule has 1 amide bonds. The average molecular weight is 473 g/mol. The van der Waals surface area contributed by atoms with Crippen LogP contribution in [0.1, 0.15) is 22.0 Å². The molecule has 0 fully saturated rings. The Labute approximate surface area is 197 Å². The van der Waals surface area contributed by atoms with Gasteiger partial charge in [0.1, 0.15) is 30.2 Å². The van der Waals surface area contributed by atoms with Crippen LogP contribution in [0.4, 0.5) is 0 Å². The molecule has 2 aromatic heterocycles. The van der Waals surface area contributed by atoms with Gasteiger partial charge in [-0.15, -0.1) is 0 Å². The van der Waals surface area contributed by atoms with E-state index in [9.17, 15) is 24.6 Å². The van der Waals surface area contributed by atoms with Gasteiger partial charge in [-0.25, -0.2) is 4.98 Å². The van der Waals surface area contributed by atoms with E-state index in [-0.39, 0.29) is 17.9 Å². The van der Waals surface area contributed by atoms with E-state index in [4.69, 9.17) is 9.84 Å². The van der Waals surface area contributed by atoms with Crippen molar-refractivity contribution in [1.82, 2.24) is 14.9 Å². The molecule has 0 saturated heterocycles. The molecule has 176 valence electrons. The molecule has 1 unspecified atom stereocenters. The minimum atomic E-state index is -1.28. The van der Waals surface area contributed by atoms with E-state index in [1.165, 1.54) is 10.8 Å². The fourth-order valence-electron chi connectivity index (χ4n) is 4.28. The predicted molar refractivity (Wildman–Crippen MR) is 125 cm³/mol. The number of benzene rings is 2. The number of pyridine rings is 2. The van der Waals surface area contributed by atoms with Crippen LogP contribution in [0.2, 0.25) is 0 Å². The van der Waals surface area contributed by atoms with E-state index in [1.807, 2.05) is 0 Å². The molecule has 0 aliphatic carbocycles. The zero-order valence-electron chi connectivity index (χ0n) is 18.1. The second kappa shape index (κ2) is 8.49. The number of aliphatic carboxylic acids is 1. The normalized spacial score (nSPS) is 14.3. The molecule has 1 aliphatic heterocycles. The Balaban J connectivity index is 1.65. The van der Waals surface area contributed by atoms with Crippen LogP contribution in [-0.2, 0) is 4.79 Å². The maximum absolute atomic E-state index is 13.5. The van der Waals surface area contributed by atoms with Gasteiger partial charge >= 0.3 is 5.97 Å². The summed E-state index contributed by atoms with van der Waals surface area (Å²) in [5.41, 5.74) is 0.972. The lowest BCUT2D eigenvalue weighted by Gasteiger charge is -2.29. The van der Waals surface area contributed by atoms with Crippen LogP contribution >= 0.6 is 0 Å². The molecule has 0 saturated carbocycles. The first-order chi connectivity index (χ1) is 16.9. The summed E-state index contributed by atoms with van der Waals surface area (Å²) in [4.78, 5) is 41.0. The fraction of sp³-hybridized carbons (Fsp3) is 0.120. The van der Waals surface area contributed by atoms with Gasteiger partial charge < -0.3 is 25.4 Å². The molecule has 10 nitrogen and oxygen atoms in total. The van der Waals surface area contributed by atoms with Crippen LogP contribution in [0.5, 0.6) is 17.4 Å². The minimum Gasteiger partial charge on any atom is -0.506 e. The summed E-state index contributed by atoms with van der Waals surface area (Å²) in [5, 5.41) is 32.1. The lowest BCUT2D eigenvalue weighted by molar-refractivity contribution is -0.135. The van der Waals surface area contributed by atoms with Gasteiger partial charge in [0.15, 0.2) is 0 Å². The largest absolute Gasteiger partial charge is 0.506 e. The molecule has 35 heavy (non-hydrogen) atoms. The quantitative estimate of drug-likeness (QED) is 0.345. The topological polar surface area (TPSA) is 151 Å². The number of nitrogens with one attached hydrogen (secondary N) is 1. The number of ether oxygens (including phenoxy) is 1. The summed E-state index contributed by atoms with van der Waals surface area (Å²) in [5.74, 6) is -2.55. The molecule has 2 aromatic carbocycles. The Bertz CT molecular complexity index is 1540. The van der Waals surface area contributed by atoms with Crippen molar-refractivity contribution in [3.63, 3.8) is 0 Å². The maximum Gasteiger partial charge on any atom is 0.322 e. The number of carbonyl (C=O) groups is 2. The smallest absolute Gasteiger partial charge is 0.322 e. The van der Waals surface area contributed by atoms with Crippen molar-refractivity contribution in [1.29, 1.82) is 0 Å². The molecular weight excluding hydrogens is 454 g/mol. The van der Waals surface area contributed by atoms with Crippen molar-refractivity contribution in [2.45, 2.75) is 6.04 Å². The standard InChI is InChI=1S/C25H19N3O7/c29-19(30)11-27-24(33)20-22(31)16-3-1-5-18-21(16)28(25(20)34)17(12-35-18)14-8-6-13(7-9-14)15-4-2-10-26-23(15)32/h1-10,17,31H,11-12H2,(H,26,32)(H,27,33)(H,29,30). The SMILES string of the molecule is O=C(O)CNC(=O)c1c(O)c2cccc3c2n(c1=O)C(c1ccc(-c2cccnc2O)cc1)CO3. The second-order valence-corrected chi connectivity index (χ2v) is 7.95. The molecule has 0 radical (unpaired) electrons. The Morgan fingerprint density at radius 1 is 1.09 bits per heavy atom. The summed E-state index contributed by atoms with van der Waals surface area (Å²) in [6.45, 7) is -0.616. The molecule has 5 rings (SSSR count). The molecule has 4 N–H and O–H groups in total. The van der Waals surface area contributed by atoms with Crippen molar-refractivity contribution < 1.29 is 29.6 Å². The van der Waals surface area contributed by atoms with Crippen LogP contribution in [0.3, 0.4) is 0 Å². The lowest BCUT2D eigenvalue weighted by atomic mass is 9.99. The zero-order chi connectivity index (χ0) is 24.7. The van der Waals surface area contributed by atoms with Crippen molar-refractivity contribution in [2.75, 3.05) is 13.2 Å². The first kappa shape index (κ1) is 22.0. The molecule has 0 spiro atoms. The molecule has 1 atom stereocenters. The highest BCUT2D eigenvalue weighted by atomic mass is 16.5. The molecule has 1 aliphatic rings. The number of nitrogens with zero attached hydrogens (tertiary/aromatic N) is 2. The van der Waals surface area contributed by atoms with Crippen molar-refractivity contribution in [2.24, 2.45) is 0 Å². The van der Waals surface area contributed by atoms with E-state index in [1.54, 1.807) is 54.6 Å². The lowest BCUT2D eigenvalue weighted by Crippen LogP contribution is -2.39. The van der Waals surface area contributed by atoms with Gasteiger partial charge in [-0.2, -0.15) is 0 Å². The molecule has 4 aromatic rings. The van der Waals surface area contributed by atoms with E-state index in [0.717, 1.165) is 0 Å². The van der Waals surface area contributed by atoms with Crippen LogP contribution < -0.4 is 15.6 Å². The number of rotatable bonds is 5. The van der Waals surface area contributed by atoms with Gasteiger partial charge in [0.2, 0.25) is 5.88 Å². The van der Waals surface area contributed by atoms with Gasteiger partial charge in [0.25, 0.3) is 11.5 Å². The van der Waals surface area contributed by atoms with Gasteiger partial charge in [-0.05, 0) is 35.4 Å². The Morgan fingerprint density at radius 3 is 2.57 bits per heavy atom. The molecule has 10 heteroatoms. The summed E-state index contributed by atoms with van der Waals surface area (Å²) < 4.78 is 7.28. The third-order valence-corrected chi connectivity index (χ3v) is 5.89. The Kier molecular flexibility index (Phi) is 5.33. The van der Waals surface area contributed by atoms with E-state index in [0.29, 0.717) is 28.0 Å². The number of hydrogen-bond acceptors (Lipinski definition) is 7. The first-order valence-electron chi connectivity index (χ1n) is 10.6. The van der Waals surface area contributed by atoms with Gasteiger partial charge in [0, 0.05) is 17.1 Å². The van der Waals surface area contributed by atoms with E-state index < -0.39 is 41.3 Å². The number of para-hydroxylation sites is 1. The molecular formula is C25H19N3O7. The monoisotopic (exact) mass is 473 g/mol. The minimum absolute atomic E-state index is 0.0878. The van der Waals surface area contributed by atoms with Crippen LogP contribution in [0.25, 0.3) is 22.0 Å². The van der Waals surface area contributed by atoms with Gasteiger partial charge in [-0.3, -0.25) is 19.0 Å². The highest BCUT2D eigenvalue weighted by molar-refractivity contribution is 6.04. The molecule has 3 heterocycles. The number of carboxylic acid groups (broad SMARTS) is 1. The zero-order valence-corrected chi connectivity index (χ0v) is 18.1. The fourth-order valence-corrected chi connectivity index (χ4v) is 4.28. The number of aromatic hydroxyl groups is 2. The van der Waals surface area contributed by atoms with Crippen molar-refractivity contribution in [3.05, 3.63) is 82.3 Å². The second-order valence-electron chi connectivity index (χ2n) is 7.95. The van der Waals surface area contributed by atoms with Crippen molar-refractivity contribution >= 4 is 22.8 Å². The number of amides is 1. The highest BCUT2D eigenvalue weighted by Gasteiger charge is 2.31. The number of carbonyl (C=O) groups excluding carboxylic acids is 1. The molecule has 0 bridgehead atoms. The Morgan fingerprint density at radius 2 is 1.86 bits per heavy atom. The van der Waals surface area contributed by atoms with Gasteiger partial charge in [-0.1, -0.05) is 30.3 Å². The first-order valence-corrected chi connectivity index (χ1v) is 10.6. The van der Waals surface area contributed by atoms with Crippen molar-refractivity contribution in [3.8, 4) is 28.5 Å². The predicted octanol–water partition coefficient (Wildman–Crippen LogP) is 2.27. The number of hydrogen-bond donors (Lipinski definition) is 4. The summed E-state index contributed by atoms with van der Waals surface area (Å²) >= 11 is 0. The summed E-state index contributed by atoms with van der Waals surface area (Å²) in [6.07, 6.45) is 1.48. The van der Waals surface area contributed by atoms with E-state index in [2.05, 4.69) is 10.3 Å². The third kappa shape index (κ3) is 3.70.